The van der Waals surface area contributed by atoms with Crippen LogP contribution in [0.3, 0.4) is 0 Å². The maximum Gasteiger partial charge on any atom is 0.257 e. The number of furan rings is 1. The van der Waals surface area contributed by atoms with Crippen LogP contribution in [0.4, 0.5) is 0 Å². The predicted octanol–water partition coefficient (Wildman–Crippen LogP) is 2.14. The molecule has 1 amide bonds. The first kappa shape index (κ1) is 15.1. The maximum atomic E-state index is 12.3. The summed E-state index contributed by atoms with van der Waals surface area (Å²) in [5.74, 6) is 1.62. The Kier molecular flexibility index (Phi) is 5.23. The summed E-state index contributed by atoms with van der Waals surface area (Å²) in [5.41, 5.74) is 0.708. The number of amides is 1. The number of piperidine rings is 1. The Bertz CT molecular complexity index is 417. The number of hydrogen-bond acceptors (Lipinski definition) is 3. The molecule has 1 aromatic heterocycles. The number of carbonyl (C=O) groups is 1. The van der Waals surface area contributed by atoms with Crippen LogP contribution in [0.2, 0.25) is 0 Å². The first-order chi connectivity index (χ1) is 8.11. The second-order valence-electron chi connectivity index (χ2n) is 4.71. The zero-order valence-corrected chi connectivity index (χ0v) is 12.0. The quantitative estimate of drug-likeness (QED) is 0.897. The molecule has 0 saturated carbocycles. The molecule has 102 valence electrons. The molecule has 0 aliphatic carbocycles. The van der Waals surface area contributed by atoms with Gasteiger partial charge in [0.15, 0.2) is 0 Å². The molecule has 1 N–H and O–H groups in total. The lowest BCUT2D eigenvalue weighted by Gasteiger charge is -2.32. The van der Waals surface area contributed by atoms with Crippen molar-refractivity contribution in [1.82, 2.24) is 10.2 Å². The van der Waals surface area contributed by atoms with E-state index in [9.17, 15) is 4.79 Å². The highest BCUT2D eigenvalue weighted by Crippen LogP contribution is 2.19. The van der Waals surface area contributed by atoms with Crippen LogP contribution in [-0.4, -0.2) is 37.0 Å². The minimum atomic E-state index is 0. The number of halogens is 1. The van der Waals surface area contributed by atoms with Crippen molar-refractivity contribution in [2.24, 2.45) is 0 Å². The van der Waals surface area contributed by atoms with Gasteiger partial charge in [-0.3, -0.25) is 4.79 Å². The third kappa shape index (κ3) is 3.06. The van der Waals surface area contributed by atoms with Crippen LogP contribution in [0, 0.1) is 13.8 Å². The topological polar surface area (TPSA) is 45.5 Å². The summed E-state index contributed by atoms with van der Waals surface area (Å²) < 4.78 is 5.42. The van der Waals surface area contributed by atoms with E-state index >= 15 is 0 Å². The molecule has 1 aliphatic rings. The van der Waals surface area contributed by atoms with Gasteiger partial charge in [-0.15, -0.1) is 12.4 Å². The molecule has 2 rings (SSSR count). The van der Waals surface area contributed by atoms with Gasteiger partial charge in [-0.25, -0.2) is 0 Å². The number of hydrogen-bond donors (Lipinski definition) is 1. The number of rotatable bonds is 2. The molecule has 4 nitrogen and oxygen atoms in total. The predicted molar refractivity (Wildman–Crippen MR) is 73.4 cm³/mol. The first-order valence-corrected chi connectivity index (χ1v) is 6.15. The molecule has 18 heavy (non-hydrogen) atoms. The molecule has 1 aliphatic heterocycles. The van der Waals surface area contributed by atoms with Gasteiger partial charge in [0.1, 0.15) is 11.5 Å². The van der Waals surface area contributed by atoms with Crippen LogP contribution in [0.1, 0.15) is 34.7 Å². The average Bonchev–Trinajstić information content (AvgIpc) is 2.67. The van der Waals surface area contributed by atoms with E-state index in [1.165, 1.54) is 0 Å². The highest BCUT2D eigenvalue weighted by Gasteiger charge is 2.25. The zero-order valence-electron chi connectivity index (χ0n) is 11.2. The second kappa shape index (κ2) is 6.25. The fourth-order valence-corrected chi connectivity index (χ4v) is 2.41. The monoisotopic (exact) mass is 272 g/mol. The Balaban J connectivity index is 0.00000162. The van der Waals surface area contributed by atoms with E-state index in [0.29, 0.717) is 11.6 Å². The molecule has 1 atom stereocenters. The van der Waals surface area contributed by atoms with Gasteiger partial charge in [0, 0.05) is 19.1 Å². The summed E-state index contributed by atoms with van der Waals surface area (Å²) in [6.07, 6.45) is 2.21. The molecule has 1 saturated heterocycles. The molecule has 0 spiro atoms. The van der Waals surface area contributed by atoms with E-state index in [2.05, 4.69) is 5.32 Å². The third-order valence-electron chi connectivity index (χ3n) is 3.39. The summed E-state index contributed by atoms with van der Waals surface area (Å²) in [7, 11) is 1.95. The molecule has 0 radical (unpaired) electrons. The van der Waals surface area contributed by atoms with Gasteiger partial charge >= 0.3 is 0 Å². The van der Waals surface area contributed by atoms with Gasteiger partial charge in [0.05, 0.1) is 5.56 Å². The van der Waals surface area contributed by atoms with E-state index in [1.54, 1.807) is 0 Å². The Hall–Kier alpha value is -1.00. The number of likely N-dealkylation sites (tertiary alicyclic amines) is 1. The van der Waals surface area contributed by atoms with Crippen molar-refractivity contribution in [3.63, 3.8) is 0 Å². The molecule has 0 aromatic carbocycles. The molecular weight excluding hydrogens is 252 g/mol. The normalized spacial score (nSPS) is 19.5. The lowest BCUT2D eigenvalue weighted by Crippen LogP contribution is -2.47. The van der Waals surface area contributed by atoms with Gasteiger partial charge in [-0.2, -0.15) is 0 Å². The molecule has 1 unspecified atom stereocenters. The maximum absolute atomic E-state index is 12.3. The van der Waals surface area contributed by atoms with E-state index < -0.39 is 0 Å². The van der Waals surface area contributed by atoms with Gasteiger partial charge < -0.3 is 14.6 Å². The molecule has 1 aromatic rings. The van der Waals surface area contributed by atoms with E-state index in [0.717, 1.165) is 37.5 Å². The SMILES string of the molecule is CNC1CCCN(C(=O)c2cc(C)oc2C)C1.Cl. The van der Waals surface area contributed by atoms with Crippen molar-refractivity contribution >= 4 is 18.3 Å². The molecule has 5 heteroatoms. The Labute approximate surface area is 114 Å². The smallest absolute Gasteiger partial charge is 0.257 e. The largest absolute Gasteiger partial charge is 0.466 e. The van der Waals surface area contributed by atoms with Gasteiger partial charge in [-0.05, 0) is 39.8 Å². The van der Waals surface area contributed by atoms with Crippen LogP contribution in [-0.2, 0) is 0 Å². The van der Waals surface area contributed by atoms with Crippen LogP contribution in [0.15, 0.2) is 10.5 Å². The number of carbonyl (C=O) groups excluding carboxylic acids is 1. The van der Waals surface area contributed by atoms with E-state index in [-0.39, 0.29) is 18.3 Å². The zero-order chi connectivity index (χ0) is 12.4. The Morgan fingerprint density at radius 2 is 2.22 bits per heavy atom. The van der Waals surface area contributed by atoms with Crippen molar-refractivity contribution in [3.8, 4) is 0 Å². The lowest BCUT2D eigenvalue weighted by atomic mass is 10.0. The average molecular weight is 273 g/mol. The summed E-state index contributed by atoms with van der Waals surface area (Å²) in [5, 5.41) is 3.24. The van der Waals surface area contributed by atoms with Crippen LogP contribution in [0.5, 0.6) is 0 Å². The van der Waals surface area contributed by atoms with Crippen molar-refractivity contribution in [3.05, 3.63) is 23.2 Å². The standard InChI is InChI=1S/C13H20N2O2.ClH/c1-9-7-12(10(2)17-9)13(16)15-6-4-5-11(8-15)14-3;/h7,11,14H,4-6,8H2,1-3H3;1H. The minimum Gasteiger partial charge on any atom is -0.466 e. The number of nitrogens with zero attached hydrogens (tertiary/aromatic N) is 1. The van der Waals surface area contributed by atoms with Crippen LogP contribution >= 0.6 is 12.4 Å². The molecular formula is C13H21ClN2O2. The third-order valence-corrected chi connectivity index (χ3v) is 3.39. The summed E-state index contributed by atoms with van der Waals surface area (Å²) in [6, 6.07) is 2.25. The number of aryl methyl sites for hydroxylation is 2. The van der Waals surface area contributed by atoms with Gasteiger partial charge in [-0.1, -0.05) is 0 Å². The first-order valence-electron chi connectivity index (χ1n) is 6.15. The van der Waals surface area contributed by atoms with Crippen molar-refractivity contribution in [2.75, 3.05) is 20.1 Å². The lowest BCUT2D eigenvalue weighted by molar-refractivity contribution is 0.0696. The number of nitrogens with one attached hydrogen (secondary N) is 1. The van der Waals surface area contributed by atoms with Crippen molar-refractivity contribution in [2.45, 2.75) is 32.7 Å². The Morgan fingerprint density at radius 3 is 2.78 bits per heavy atom. The Morgan fingerprint density at radius 1 is 1.50 bits per heavy atom. The molecule has 1 fully saturated rings. The van der Waals surface area contributed by atoms with Gasteiger partial charge in [0.25, 0.3) is 5.91 Å². The fourth-order valence-electron chi connectivity index (χ4n) is 2.41. The van der Waals surface area contributed by atoms with Crippen LogP contribution in [0.25, 0.3) is 0 Å². The second-order valence-corrected chi connectivity index (χ2v) is 4.71. The summed E-state index contributed by atoms with van der Waals surface area (Å²) in [6.45, 7) is 5.36. The molecule has 2 heterocycles. The van der Waals surface area contributed by atoms with Crippen molar-refractivity contribution < 1.29 is 9.21 Å². The fraction of sp³-hybridized carbons (Fsp3) is 0.615. The van der Waals surface area contributed by atoms with E-state index in [4.69, 9.17) is 4.42 Å². The summed E-state index contributed by atoms with van der Waals surface area (Å²) >= 11 is 0. The van der Waals surface area contributed by atoms with Crippen molar-refractivity contribution in [1.29, 1.82) is 0 Å². The van der Waals surface area contributed by atoms with E-state index in [1.807, 2.05) is 31.9 Å². The van der Waals surface area contributed by atoms with Gasteiger partial charge in [0.2, 0.25) is 0 Å². The van der Waals surface area contributed by atoms with Crippen LogP contribution < -0.4 is 5.32 Å². The highest BCUT2D eigenvalue weighted by molar-refractivity contribution is 5.95. The number of likely N-dealkylation sites (N-methyl/N-ethyl adjacent to an activating group) is 1. The minimum absolute atomic E-state index is 0. The summed E-state index contributed by atoms with van der Waals surface area (Å²) in [4.78, 5) is 14.3. The molecule has 0 bridgehead atoms. The highest BCUT2D eigenvalue weighted by atomic mass is 35.5.